The van der Waals surface area contributed by atoms with Gasteiger partial charge in [-0.05, 0) is 40.5 Å². The van der Waals surface area contributed by atoms with Gasteiger partial charge in [0.15, 0.2) is 0 Å². The van der Waals surface area contributed by atoms with E-state index in [0.717, 1.165) is 11.4 Å². The molecule has 1 atom stereocenters. The van der Waals surface area contributed by atoms with Gasteiger partial charge in [0.1, 0.15) is 0 Å². The molecule has 2 aromatic heterocycles. The maximum Gasteiger partial charge on any atom is 0.0717 e. The van der Waals surface area contributed by atoms with Crippen molar-refractivity contribution in [2.24, 2.45) is 0 Å². The summed E-state index contributed by atoms with van der Waals surface area (Å²) in [6.07, 6.45) is 1.85. The quantitative estimate of drug-likeness (QED) is 0.792. The van der Waals surface area contributed by atoms with E-state index in [9.17, 15) is 0 Å². The Bertz CT molecular complexity index is 631. The number of aromatic nitrogens is 2. The lowest BCUT2D eigenvalue weighted by atomic mass is 10.0. The molecule has 0 aliphatic carbocycles. The molecule has 3 aromatic rings. The molecule has 1 aromatic carbocycles. The van der Waals surface area contributed by atoms with Crippen molar-refractivity contribution in [3.63, 3.8) is 0 Å². The highest BCUT2D eigenvalue weighted by Gasteiger charge is 2.18. The smallest absolute Gasteiger partial charge is 0.0717 e. The summed E-state index contributed by atoms with van der Waals surface area (Å²) < 4.78 is 5.32. The fraction of sp³-hybridized carbons (Fsp3) is 0.231. The summed E-state index contributed by atoms with van der Waals surface area (Å²) in [6, 6.07) is 8.81. The third-order valence-corrected chi connectivity index (χ3v) is 4.60. The van der Waals surface area contributed by atoms with Crippen LogP contribution in [0.1, 0.15) is 23.4 Å². The van der Waals surface area contributed by atoms with Crippen molar-refractivity contribution in [3.8, 4) is 0 Å². The van der Waals surface area contributed by atoms with Crippen LogP contribution in [0.3, 0.4) is 0 Å². The van der Waals surface area contributed by atoms with Crippen molar-refractivity contribution in [3.05, 3.63) is 46.3 Å². The lowest BCUT2D eigenvalue weighted by molar-refractivity contribution is 0.643. The average Bonchev–Trinajstić information content (AvgIpc) is 3.06. The summed E-state index contributed by atoms with van der Waals surface area (Å²) >= 11 is 3.25. The van der Waals surface area contributed by atoms with E-state index in [2.05, 4.69) is 51.5 Å². The van der Waals surface area contributed by atoms with Crippen LogP contribution in [-0.2, 0) is 0 Å². The van der Waals surface area contributed by atoms with Gasteiger partial charge in [-0.1, -0.05) is 29.6 Å². The molecule has 3 nitrogen and oxygen atoms in total. The van der Waals surface area contributed by atoms with E-state index in [0.29, 0.717) is 0 Å². The van der Waals surface area contributed by atoms with E-state index in [1.165, 1.54) is 27.2 Å². The van der Waals surface area contributed by atoms with E-state index in [-0.39, 0.29) is 6.04 Å². The lowest BCUT2D eigenvalue weighted by Crippen LogP contribution is -2.21. The van der Waals surface area contributed by atoms with Crippen LogP contribution < -0.4 is 5.32 Å². The molecule has 0 radical (unpaired) electrons. The maximum absolute atomic E-state index is 3.97. The highest BCUT2D eigenvalue weighted by molar-refractivity contribution is 7.17. The zero-order chi connectivity index (χ0) is 12.4. The lowest BCUT2D eigenvalue weighted by Gasteiger charge is -2.16. The predicted octanol–water partition coefficient (Wildman–Crippen LogP) is 3.45. The summed E-state index contributed by atoms with van der Waals surface area (Å²) in [7, 11) is 0. The van der Waals surface area contributed by atoms with E-state index < -0.39 is 0 Å². The van der Waals surface area contributed by atoms with Crippen molar-refractivity contribution in [2.75, 3.05) is 6.54 Å². The number of thiophene rings is 1. The van der Waals surface area contributed by atoms with Gasteiger partial charge in [0, 0.05) is 4.70 Å². The van der Waals surface area contributed by atoms with E-state index in [1.807, 2.05) is 6.20 Å². The minimum Gasteiger partial charge on any atom is -0.306 e. The minimum absolute atomic E-state index is 0.192. The van der Waals surface area contributed by atoms with Gasteiger partial charge in [-0.2, -0.15) is 0 Å². The van der Waals surface area contributed by atoms with Gasteiger partial charge in [-0.3, -0.25) is 0 Å². The number of fused-ring (bicyclic) bond motifs is 1. The molecular formula is C13H13N3S2. The molecule has 0 fully saturated rings. The molecule has 1 N–H and O–H groups in total. The van der Waals surface area contributed by atoms with Gasteiger partial charge in [-0.25, -0.2) is 0 Å². The molecule has 18 heavy (non-hydrogen) atoms. The second-order valence-electron chi connectivity index (χ2n) is 4.00. The molecule has 5 heteroatoms. The van der Waals surface area contributed by atoms with Crippen molar-refractivity contribution in [1.82, 2.24) is 14.9 Å². The van der Waals surface area contributed by atoms with Crippen molar-refractivity contribution >= 4 is 33.0 Å². The molecule has 0 aliphatic rings. The molecule has 0 saturated heterocycles. The molecule has 3 rings (SSSR count). The Balaban J connectivity index is 2.12. The van der Waals surface area contributed by atoms with Crippen LogP contribution in [0.25, 0.3) is 10.1 Å². The van der Waals surface area contributed by atoms with Crippen LogP contribution in [0.5, 0.6) is 0 Å². The molecule has 2 heterocycles. The largest absolute Gasteiger partial charge is 0.306 e. The molecule has 0 saturated carbocycles. The van der Waals surface area contributed by atoms with Crippen LogP contribution in [0.4, 0.5) is 0 Å². The summed E-state index contributed by atoms with van der Waals surface area (Å²) in [4.78, 5) is 1.16. The standard InChI is InChI=1S/C13H13N3S2/c1-2-14-12(11-8-15-16-18-11)10-5-3-4-9-6-7-17-13(9)10/h3-8,12,14H,2H2,1H3. The number of hydrogen-bond acceptors (Lipinski definition) is 5. The molecular weight excluding hydrogens is 262 g/mol. The Kier molecular flexibility index (Phi) is 3.36. The maximum atomic E-state index is 3.97. The highest BCUT2D eigenvalue weighted by Crippen LogP contribution is 2.33. The van der Waals surface area contributed by atoms with E-state index >= 15 is 0 Å². The number of nitrogens with zero attached hydrogens (tertiary/aromatic N) is 2. The third-order valence-electron chi connectivity index (χ3n) is 2.89. The molecule has 1 unspecified atom stereocenters. The van der Waals surface area contributed by atoms with E-state index in [1.54, 1.807) is 11.3 Å². The first-order chi connectivity index (χ1) is 8.90. The third kappa shape index (κ3) is 2.05. The van der Waals surface area contributed by atoms with Crippen molar-refractivity contribution in [2.45, 2.75) is 13.0 Å². The Hall–Kier alpha value is -1.30. The summed E-state index contributed by atoms with van der Waals surface area (Å²) in [5.41, 5.74) is 1.32. The van der Waals surface area contributed by atoms with Gasteiger partial charge in [0.25, 0.3) is 0 Å². The van der Waals surface area contributed by atoms with E-state index in [4.69, 9.17) is 0 Å². The Labute approximate surface area is 114 Å². The van der Waals surface area contributed by atoms with Gasteiger partial charge in [0.05, 0.1) is 17.1 Å². The number of benzene rings is 1. The Morgan fingerprint density at radius 3 is 3.06 bits per heavy atom. The van der Waals surface area contributed by atoms with Gasteiger partial charge in [-0.15, -0.1) is 16.4 Å². The average molecular weight is 275 g/mol. The molecule has 0 aliphatic heterocycles. The van der Waals surface area contributed by atoms with Crippen LogP contribution >= 0.6 is 22.9 Å². The summed E-state index contributed by atoms with van der Waals surface area (Å²) in [6.45, 7) is 3.04. The Morgan fingerprint density at radius 2 is 2.28 bits per heavy atom. The van der Waals surface area contributed by atoms with Gasteiger partial charge in [0.2, 0.25) is 0 Å². The summed E-state index contributed by atoms with van der Waals surface area (Å²) in [5.74, 6) is 0. The fourth-order valence-electron chi connectivity index (χ4n) is 2.11. The van der Waals surface area contributed by atoms with Gasteiger partial charge >= 0.3 is 0 Å². The van der Waals surface area contributed by atoms with Crippen molar-refractivity contribution in [1.29, 1.82) is 0 Å². The normalized spacial score (nSPS) is 12.9. The first-order valence-electron chi connectivity index (χ1n) is 5.87. The van der Waals surface area contributed by atoms with Crippen LogP contribution in [0.15, 0.2) is 35.8 Å². The molecule has 0 amide bonds. The SMILES string of the molecule is CCNC(c1cnns1)c1cccc2ccsc12. The fourth-order valence-corrected chi connectivity index (χ4v) is 3.66. The van der Waals surface area contributed by atoms with Crippen LogP contribution in [0, 0.1) is 0 Å². The topological polar surface area (TPSA) is 37.8 Å². The molecule has 92 valence electrons. The second kappa shape index (κ2) is 5.14. The summed E-state index contributed by atoms with van der Waals surface area (Å²) in [5, 5.41) is 10.9. The molecule has 0 bridgehead atoms. The first kappa shape index (κ1) is 11.8. The van der Waals surface area contributed by atoms with Gasteiger partial charge < -0.3 is 5.32 Å². The first-order valence-corrected chi connectivity index (χ1v) is 7.52. The van der Waals surface area contributed by atoms with Crippen molar-refractivity contribution < 1.29 is 0 Å². The number of nitrogens with one attached hydrogen (secondary N) is 1. The monoisotopic (exact) mass is 275 g/mol. The second-order valence-corrected chi connectivity index (χ2v) is 5.73. The number of rotatable bonds is 4. The van der Waals surface area contributed by atoms with Crippen LogP contribution in [-0.4, -0.2) is 16.1 Å². The zero-order valence-electron chi connectivity index (χ0n) is 9.96. The van der Waals surface area contributed by atoms with Crippen LogP contribution in [0.2, 0.25) is 0 Å². The Morgan fingerprint density at radius 1 is 1.33 bits per heavy atom. The molecule has 0 spiro atoms. The minimum atomic E-state index is 0.192. The predicted molar refractivity (Wildman–Crippen MR) is 77.3 cm³/mol. The number of hydrogen-bond donors (Lipinski definition) is 1. The highest BCUT2D eigenvalue weighted by atomic mass is 32.1. The zero-order valence-corrected chi connectivity index (χ0v) is 11.6.